The molecule has 0 radical (unpaired) electrons. The van der Waals surface area contributed by atoms with Crippen molar-refractivity contribution in [1.82, 2.24) is 15.0 Å². The van der Waals surface area contributed by atoms with E-state index >= 15 is 0 Å². The lowest BCUT2D eigenvalue weighted by atomic mass is 10.2. The highest BCUT2D eigenvalue weighted by Gasteiger charge is 2.11. The van der Waals surface area contributed by atoms with Gasteiger partial charge in [-0.05, 0) is 24.6 Å². The van der Waals surface area contributed by atoms with Gasteiger partial charge in [-0.1, -0.05) is 6.07 Å². The Balaban J connectivity index is 1.98. The molecule has 2 heterocycles. The summed E-state index contributed by atoms with van der Waals surface area (Å²) in [6, 6.07) is 9.43. The molecule has 3 aromatic rings. The summed E-state index contributed by atoms with van der Waals surface area (Å²) in [4.78, 5) is 22.7. The van der Waals surface area contributed by atoms with Crippen LogP contribution in [0, 0.1) is 17.0 Å². The van der Waals surface area contributed by atoms with Gasteiger partial charge in [0.1, 0.15) is 0 Å². The predicted molar refractivity (Wildman–Crippen MR) is 88.0 cm³/mol. The van der Waals surface area contributed by atoms with E-state index in [-0.39, 0.29) is 17.5 Å². The van der Waals surface area contributed by atoms with Gasteiger partial charge in [-0.3, -0.25) is 15.1 Å². The summed E-state index contributed by atoms with van der Waals surface area (Å²) in [6.07, 6.45) is 3.25. The van der Waals surface area contributed by atoms with Crippen molar-refractivity contribution in [3.8, 4) is 17.1 Å². The fourth-order valence-electron chi connectivity index (χ4n) is 2.13. The summed E-state index contributed by atoms with van der Waals surface area (Å²) in [6.45, 7) is 1.80. The number of hydrogen-bond acceptors (Lipinski definition) is 7. The van der Waals surface area contributed by atoms with E-state index in [2.05, 4.69) is 20.3 Å². The summed E-state index contributed by atoms with van der Waals surface area (Å²) in [5.74, 6) is -0.0770. The van der Waals surface area contributed by atoms with E-state index in [1.54, 1.807) is 37.5 Å². The molecule has 1 aromatic carbocycles. The normalized spacial score (nSPS) is 10.4. The Morgan fingerprint density at radius 1 is 1.21 bits per heavy atom. The van der Waals surface area contributed by atoms with Crippen LogP contribution in [0.4, 0.5) is 17.3 Å². The minimum atomic E-state index is -0.477. The number of rotatable bonds is 4. The number of aromatic nitrogens is 3. The second-order valence-corrected chi connectivity index (χ2v) is 5.06. The zero-order valence-electron chi connectivity index (χ0n) is 12.7. The molecule has 0 saturated heterocycles. The van der Waals surface area contributed by atoms with E-state index in [4.69, 9.17) is 0 Å². The maximum Gasteiger partial charge on any atom is 0.271 e. The fraction of sp³-hybridized carbons (Fsp3) is 0.0625. The van der Waals surface area contributed by atoms with E-state index in [0.717, 1.165) is 5.56 Å². The number of aryl methyl sites for hydroxylation is 1. The molecule has 0 aliphatic heterocycles. The van der Waals surface area contributed by atoms with Crippen LogP contribution in [0.1, 0.15) is 5.56 Å². The summed E-state index contributed by atoms with van der Waals surface area (Å²) in [7, 11) is 0. The Morgan fingerprint density at radius 2 is 2.04 bits per heavy atom. The molecule has 2 aromatic heterocycles. The van der Waals surface area contributed by atoms with Crippen molar-refractivity contribution < 1.29 is 10.0 Å². The summed E-state index contributed by atoms with van der Waals surface area (Å²) in [5.41, 5.74) is 2.44. The minimum absolute atomic E-state index is 0.0456. The highest BCUT2D eigenvalue weighted by atomic mass is 16.6. The molecular formula is C16H13N5O3. The quantitative estimate of drug-likeness (QED) is 0.559. The molecule has 0 fully saturated rings. The number of nitro benzene ring substituents is 1. The number of non-ortho nitro benzene ring substituents is 1. The maximum absolute atomic E-state index is 10.9. The second-order valence-electron chi connectivity index (χ2n) is 5.06. The Bertz CT molecular complexity index is 899. The van der Waals surface area contributed by atoms with Gasteiger partial charge in [0.2, 0.25) is 11.8 Å². The molecule has 0 saturated carbocycles. The number of nitro groups is 1. The standard InChI is InChI=1S/C16H13N5O3/c1-10-4-5-12(21(23)24)7-13(10)18-16-19-14(8-15(22)20-16)11-3-2-6-17-9-11/h2-9H,1H3,(H2,18,19,20,22). The Labute approximate surface area is 137 Å². The summed E-state index contributed by atoms with van der Waals surface area (Å²) < 4.78 is 0. The number of benzene rings is 1. The predicted octanol–water partition coefficient (Wildman–Crippen LogP) is 3.20. The van der Waals surface area contributed by atoms with E-state index in [1.807, 2.05) is 0 Å². The van der Waals surface area contributed by atoms with Crippen molar-refractivity contribution in [2.45, 2.75) is 6.92 Å². The van der Waals surface area contributed by atoms with E-state index in [0.29, 0.717) is 16.9 Å². The third-order valence-electron chi connectivity index (χ3n) is 3.35. The zero-order valence-corrected chi connectivity index (χ0v) is 12.7. The smallest absolute Gasteiger partial charge is 0.271 e. The summed E-state index contributed by atoms with van der Waals surface area (Å²) in [5, 5.41) is 23.6. The minimum Gasteiger partial charge on any atom is -0.493 e. The highest BCUT2D eigenvalue weighted by molar-refractivity contribution is 5.65. The third kappa shape index (κ3) is 3.27. The fourth-order valence-corrected chi connectivity index (χ4v) is 2.13. The van der Waals surface area contributed by atoms with Crippen LogP contribution in [0.2, 0.25) is 0 Å². The van der Waals surface area contributed by atoms with Crippen LogP contribution in [0.5, 0.6) is 5.88 Å². The molecule has 24 heavy (non-hydrogen) atoms. The molecule has 0 aliphatic rings. The first-order valence-electron chi connectivity index (χ1n) is 7.03. The number of aromatic hydroxyl groups is 1. The molecule has 0 bridgehead atoms. The van der Waals surface area contributed by atoms with Crippen molar-refractivity contribution in [1.29, 1.82) is 0 Å². The number of anilines is 2. The van der Waals surface area contributed by atoms with Crippen molar-refractivity contribution in [2.24, 2.45) is 0 Å². The molecule has 0 atom stereocenters. The SMILES string of the molecule is Cc1ccc([N+](=O)[O-])cc1Nc1nc(O)cc(-c2cccnc2)n1. The lowest BCUT2D eigenvalue weighted by Gasteiger charge is -2.09. The number of hydrogen-bond donors (Lipinski definition) is 2. The Hall–Kier alpha value is -3.55. The number of nitrogens with one attached hydrogen (secondary N) is 1. The van der Waals surface area contributed by atoms with Gasteiger partial charge >= 0.3 is 0 Å². The molecule has 0 amide bonds. The Morgan fingerprint density at radius 3 is 2.75 bits per heavy atom. The van der Waals surface area contributed by atoms with Crippen LogP contribution in [0.15, 0.2) is 48.8 Å². The van der Waals surface area contributed by atoms with Crippen LogP contribution in [0.25, 0.3) is 11.3 Å². The van der Waals surface area contributed by atoms with Gasteiger partial charge in [0.15, 0.2) is 0 Å². The largest absolute Gasteiger partial charge is 0.493 e. The van der Waals surface area contributed by atoms with Crippen LogP contribution < -0.4 is 5.32 Å². The maximum atomic E-state index is 10.9. The van der Waals surface area contributed by atoms with Gasteiger partial charge in [-0.25, -0.2) is 4.98 Å². The molecule has 3 rings (SSSR count). The number of pyridine rings is 1. The highest BCUT2D eigenvalue weighted by Crippen LogP contribution is 2.26. The first-order valence-corrected chi connectivity index (χ1v) is 7.03. The first kappa shape index (κ1) is 15.3. The van der Waals surface area contributed by atoms with Crippen LogP contribution in [-0.2, 0) is 0 Å². The molecular weight excluding hydrogens is 310 g/mol. The molecule has 0 unspecified atom stereocenters. The summed E-state index contributed by atoms with van der Waals surface area (Å²) >= 11 is 0. The third-order valence-corrected chi connectivity index (χ3v) is 3.35. The second kappa shape index (κ2) is 6.29. The van der Waals surface area contributed by atoms with Gasteiger partial charge in [0.25, 0.3) is 5.69 Å². The van der Waals surface area contributed by atoms with Crippen molar-refractivity contribution in [3.63, 3.8) is 0 Å². The molecule has 2 N–H and O–H groups in total. The molecule has 8 nitrogen and oxygen atoms in total. The lowest BCUT2D eigenvalue weighted by Crippen LogP contribution is -2.01. The molecule has 0 aliphatic carbocycles. The van der Waals surface area contributed by atoms with Crippen LogP contribution >= 0.6 is 0 Å². The molecule has 120 valence electrons. The van der Waals surface area contributed by atoms with E-state index < -0.39 is 4.92 Å². The molecule has 0 spiro atoms. The average molecular weight is 323 g/mol. The van der Waals surface area contributed by atoms with Gasteiger partial charge in [-0.15, -0.1) is 0 Å². The topological polar surface area (TPSA) is 114 Å². The van der Waals surface area contributed by atoms with Crippen LogP contribution in [-0.4, -0.2) is 25.0 Å². The van der Waals surface area contributed by atoms with Crippen molar-refractivity contribution in [3.05, 3.63) is 64.5 Å². The van der Waals surface area contributed by atoms with Crippen molar-refractivity contribution >= 4 is 17.3 Å². The zero-order chi connectivity index (χ0) is 17.1. The van der Waals surface area contributed by atoms with Crippen LogP contribution in [0.3, 0.4) is 0 Å². The van der Waals surface area contributed by atoms with Gasteiger partial charge in [0, 0.05) is 36.2 Å². The monoisotopic (exact) mass is 323 g/mol. The molecule has 8 heteroatoms. The van der Waals surface area contributed by atoms with Gasteiger partial charge in [-0.2, -0.15) is 4.98 Å². The average Bonchev–Trinajstić information content (AvgIpc) is 2.57. The van der Waals surface area contributed by atoms with E-state index in [1.165, 1.54) is 18.2 Å². The first-order chi connectivity index (χ1) is 11.5. The van der Waals surface area contributed by atoms with Crippen molar-refractivity contribution in [2.75, 3.05) is 5.32 Å². The lowest BCUT2D eigenvalue weighted by molar-refractivity contribution is -0.384. The van der Waals surface area contributed by atoms with E-state index in [9.17, 15) is 15.2 Å². The van der Waals surface area contributed by atoms with Gasteiger partial charge in [0.05, 0.1) is 16.3 Å². The Kier molecular flexibility index (Phi) is 4.02. The van der Waals surface area contributed by atoms with Gasteiger partial charge < -0.3 is 10.4 Å². The number of nitrogens with zero attached hydrogens (tertiary/aromatic N) is 4.